The molecule has 2 rings (SSSR count). The SMILES string of the molecule is CCc1cccc(C2(CC)CCCCC2CC)c1CC. The van der Waals surface area contributed by atoms with Crippen LogP contribution in [0, 0.1) is 5.92 Å². The lowest BCUT2D eigenvalue weighted by Gasteiger charge is -2.45. The summed E-state index contributed by atoms with van der Waals surface area (Å²) in [6.07, 6.45) is 10.7. The average molecular weight is 272 g/mol. The molecule has 2 unspecified atom stereocenters. The molecule has 1 aliphatic rings. The molecule has 0 aromatic heterocycles. The molecular weight excluding hydrogens is 240 g/mol. The quantitative estimate of drug-likeness (QED) is 0.611. The molecule has 0 amide bonds. The van der Waals surface area contributed by atoms with Gasteiger partial charge in [0.2, 0.25) is 0 Å². The molecule has 0 spiro atoms. The number of aryl methyl sites for hydroxylation is 1. The van der Waals surface area contributed by atoms with Crippen LogP contribution in [0.3, 0.4) is 0 Å². The zero-order chi connectivity index (χ0) is 14.6. The second kappa shape index (κ2) is 6.78. The summed E-state index contributed by atoms with van der Waals surface area (Å²) in [7, 11) is 0. The molecular formula is C20H32. The highest BCUT2D eigenvalue weighted by molar-refractivity contribution is 5.41. The minimum absolute atomic E-state index is 0.462. The van der Waals surface area contributed by atoms with Crippen molar-refractivity contribution in [3.63, 3.8) is 0 Å². The first-order valence-corrected chi connectivity index (χ1v) is 8.84. The highest BCUT2D eigenvalue weighted by Gasteiger charge is 2.40. The first kappa shape index (κ1) is 15.6. The molecule has 20 heavy (non-hydrogen) atoms. The minimum Gasteiger partial charge on any atom is -0.0651 e. The maximum atomic E-state index is 2.45. The molecule has 0 bridgehead atoms. The van der Waals surface area contributed by atoms with Gasteiger partial charge < -0.3 is 0 Å². The maximum Gasteiger partial charge on any atom is -0.00186 e. The van der Waals surface area contributed by atoms with Gasteiger partial charge in [-0.05, 0) is 60.1 Å². The Bertz CT molecular complexity index is 432. The van der Waals surface area contributed by atoms with Gasteiger partial charge in [-0.1, -0.05) is 65.2 Å². The van der Waals surface area contributed by atoms with E-state index >= 15 is 0 Å². The second-order valence-corrected chi connectivity index (χ2v) is 6.51. The van der Waals surface area contributed by atoms with E-state index in [0.717, 1.165) is 5.92 Å². The molecule has 0 N–H and O–H groups in total. The summed E-state index contributed by atoms with van der Waals surface area (Å²) in [5.74, 6) is 0.888. The van der Waals surface area contributed by atoms with E-state index in [4.69, 9.17) is 0 Å². The van der Waals surface area contributed by atoms with E-state index in [-0.39, 0.29) is 0 Å². The van der Waals surface area contributed by atoms with E-state index in [1.54, 1.807) is 16.7 Å². The summed E-state index contributed by atoms with van der Waals surface area (Å²) in [4.78, 5) is 0. The van der Waals surface area contributed by atoms with Crippen LogP contribution in [-0.2, 0) is 18.3 Å². The Morgan fingerprint density at radius 1 is 1.05 bits per heavy atom. The van der Waals surface area contributed by atoms with Crippen LogP contribution in [0.2, 0.25) is 0 Å². The zero-order valence-electron chi connectivity index (χ0n) is 14.0. The Morgan fingerprint density at radius 2 is 1.85 bits per heavy atom. The largest absolute Gasteiger partial charge is 0.0651 e. The third-order valence-corrected chi connectivity index (χ3v) is 5.87. The smallest absolute Gasteiger partial charge is 0.00186 e. The molecule has 112 valence electrons. The summed E-state index contributed by atoms with van der Waals surface area (Å²) in [6.45, 7) is 9.46. The van der Waals surface area contributed by atoms with Crippen LogP contribution in [0.25, 0.3) is 0 Å². The molecule has 0 aliphatic heterocycles. The van der Waals surface area contributed by atoms with Gasteiger partial charge in [0.05, 0.1) is 0 Å². The van der Waals surface area contributed by atoms with E-state index in [9.17, 15) is 0 Å². The molecule has 1 aromatic rings. The molecule has 0 radical (unpaired) electrons. The van der Waals surface area contributed by atoms with Gasteiger partial charge in [0.25, 0.3) is 0 Å². The van der Waals surface area contributed by atoms with E-state index < -0.39 is 0 Å². The van der Waals surface area contributed by atoms with Gasteiger partial charge in [0.1, 0.15) is 0 Å². The van der Waals surface area contributed by atoms with Gasteiger partial charge in [0, 0.05) is 0 Å². The molecule has 0 heterocycles. The van der Waals surface area contributed by atoms with Crippen molar-refractivity contribution in [3.8, 4) is 0 Å². The highest BCUT2D eigenvalue weighted by atomic mass is 14.4. The number of hydrogen-bond acceptors (Lipinski definition) is 0. The summed E-state index contributed by atoms with van der Waals surface area (Å²) in [5, 5.41) is 0. The molecule has 0 heteroatoms. The molecule has 1 fully saturated rings. The van der Waals surface area contributed by atoms with Crippen LogP contribution in [-0.4, -0.2) is 0 Å². The number of rotatable bonds is 5. The fourth-order valence-electron chi connectivity index (χ4n) is 4.77. The summed E-state index contributed by atoms with van der Waals surface area (Å²) < 4.78 is 0. The van der Waals surface area contributed by atoms with Crippen molar-refractivity contribution in [3.05, 3.63) is 34.9 Å². The van der Waals surface area contributed by atoms with Gasteiger partial charge in [0.15, 0.2) is 0 Å². The van der Waals surface area contributed by atoms with Crippen LogP contribution in [0.4, 0.5) is 0 Å². The van der Waals surface area contributed by atoms with Crippen molar-refractivity contribution < 1.29 is 0 Å². The molecule has 0 nitrogen and oxygen atoms in total. The first-order valence-electron chi connectivity index (χ1n) is 8.84. The first-order chi connectivity index (χ1) is 9.73. The Hall–Kier alpha value is -0.780. The van der Waals surface area contributed by atoms with Gasteiger partial charge in [-0.25, -0.2) is 0 Å². The Balaban J connectivity index is 2.55. The van der Waals surface area contributed by atoms with Crippen LogP contribution in [0.15, 0.2) is 18.2 Å². The summed E-state index contributed by atoms with van der Waals surface area (Å²) >= 11 is 0. The molecule has 1 aromatic carbocycles. The van der Waals surface area contributed by atoms with E-state index in [2.05, 4.69) is 45.9 Å². The molecule has 2 atom stereocenters. The predicted molar refractivity (Wildman–Crippen MR) is 89.4 cm³/mol. The lowest BCUT2D eigenvalue weighted by molar-refractivity contribution is 0.170. The lowest BCUT2D eigenvalue weighted by atomic mass is 9.59. The third-order valence-electron chi connectivity index (χ3n) is 5.87. The van der Waals surface area contributed by atoms with Crippen LogP contribution >= 0.6 is 0 Å². The fourth-order valence-corrected chi connectivity index (χ4v) is 4.77. The standard InChI is InChI=1S/C20H32/c1-5-16-12-11-14-19(18(16)7-3)20(8-4)15-10-9-13-17(20)6-2/h11-12,14,17H,5-10,13,15H2,1-4H3. The van der Waals surface area contributed by atoms with Crippen molar-refractivity contribution in [1.82, 2.24) is 0 Å². The van der Waals surface area contributed by atoms with Crippen molar-refractivity contribution in [2.75, 3.05) is 0 Å². The summed E-state index contributed by atoms with van der Waals surface area (Å²) in [5.41, 5.74) is 5.41. The number of hydrogen-bond donors (Lipinski definition) is 0. The molecule has 1 aliphatic carbocycles. The van der Waals surface area contributed by atoms with E-state index in [1.165, 1.54) is 51.4 Å². The van der Waals surface area contributed by atoms with Gasteiger partial charge in [-0.3, -0.25) is 0 Å². The van der Waals surface area contributed by atoms with Crippen LogP contribution < -0.4 is 0 Å². The van der Waals surface area contributed by atoms with Crippen LogP contribution in [0.5, 0.6) is 0 Å². The highest BCUT2D eigenvalue weighted by Crippen LogP contribution is 2.49. The topological polar surface area (TPSA) is 0 Å². The van der Waals surface area contributed by atoms with Crippen LogP contribution in [0.1, 0.15) is 82.9 Å². The fraction of sp³-hybridized carbons (Fsp3) is 0.700. The maximum absolute atomic E-state index is 2.45. The zero-order valence-corrected chi connectivity index (χ0v) is 14.0. The monoisotopic (exact) mass is 272 g/mol. The lowest BCUT2D eigenvalue weighted by Crippen LogP contribution is -2.38. The van der Waals surface area contributed by atoms with Gasteiger partial charge >= 0.3 is 0 Å². The van der Waals surface area contributed by atoms with E-state index in [0.29, 0.717) is 5.41 Å². The number of benzene rings is 1. The normalized spacial score (nSPS) is 26.7. The van der Waals surface area contributed by atoms with Crippen molar-refractivity contribution in [2.24, 2.45) is 5.92 Å². The minimum atomic E-state index is 0.462. The van der Waals surface area contributed by atoms with Crippen molar-refractivity contribution >= 4 is 0 Å². The van der Waals surface area contributed by atoms with Gasteiger partial charge in [-0.15, -0.1) is 0 Å². The van der Waals surface area contributed by atoms with E-state index in [1.807, 2.05) is 0 Å². The van der Waals surface area contributed by atoms with Gasteiger partial charge in [-0.2, -0.15) is 0 Å². The Labute approximate surface area is 126 Å². The Kier molecular flexibility index (Phi) is 5.29. The Morgan fingerprint density at radius 3 is 2.45 bits per heavy atom. The second-order valence-electron chi connectivity index (χ2n) is 6.51. The molecule has 0 saturated heterocycles. The predicted octanol–water partition coefficient (Wildman–Crippen LogP) is 6.06. The third kappa shape index (κ3) is 2.54. The molecule has 1 saturated carbocycles. The average Bonchev–Trinajstić information content (AvgIpc) is 2.53. The summed E-state index contributed by atoms with van der Waals surface area (Å²) in [6, 6.07) is 7.11. The van der Waals surface area contributed by atoms with Crippen molar-refractivity contribution in [1.29, 1.82) is 0 Å². The van der Waals surface area contributed by atoms with Crippen molar-refractivity contribution in [2.45, 2.75) is 84.5 Å².